The van der Waals surface area contributed by atoms with E-state index in [2.05, 4.69) is 4.72 Å². The van der Waals surface area contributed by atoms with Crippen molar-refractivity contribution in [2.45, 2.75) is 23.5 Å². The highest BCUT2D eigenvalue weighted by molar-refractivity contribution is 7.89. The number of rotatable bonds is 6. The number of hydrogen-bond acceptors (Lipinski definition) is 6. The van der Waals surface area contributed by atoms with E-state index in [4.69, 9.17) is 0 Å². The standard InChI is InChI=1S/C18H19N3O6S/c22-14-10-11-20(12-14)18(23)17(13-6-2-1-3-7-13)19-28(26,27)16-9-5-4-8-15(16)21(24)25/h1-9,14,17,19,22H,10-12H2/t14-,17-/m0/s1. The third-order valence-electron chi connectivity index (χ3n) is 4.48. The molecule has 1 amide bonds. The van der Waals surface area contributed by atoms with E-state index in [0.717, 1.165) is 12.1 Å². The molecule has 1 aliphatic heterocycles. The van der Waals surface area contributed by atoms with Crippen molar-refractivity contribution in [1.29, 1.82) is 0 Å². The van der Waals surface area contributed by atoms with Crippen molar-refractivity contribution in [3.63, 3.8) is 0 Å². The van der Waals surface area contributed by atoms with Gasteiger partial charge in [-0.15, -0.1) is 0 Å². The number of para-hydroxylation sites is 1. The molecule has 2 aromatic carbocycles. The van der Waals surface area contributed by atoms with Crippen molar-refractivity contribution in [3.05, 3.63) is 70.3 Å². The Morgan fingerprint density at radius 2 is 1.82 bits per heavy atom. The Morgan fingerprint density at radius 3 is 2.43 bits per heavy atom. The molecule has 10 heteroatoms. The molecule has 0 spiro atoms. The summed E-state index contributed by atoms with van der Waals surface area (Å²) in [5, 5.41) is 20.9. The smallest absolute Gasteiger partial charge is 0.289 e. The van der Waals surface area contributed by atoms with Crippen LogP contribution >= 0.6 is 0 Å². The van der Waals surface area contributed by atoms with Crippen molar-refractivity contribution in [1.82, 2.24) is 9.62 Å². The zero-order chi connectivity index (χ0) is 20.3. The number of aliphatic hydroxyl groups excluding tert-OH is 1. The number of hydrogen-bond donors (Lipinski definition) is 2. The minimum absolute atomic E-state index is 0.107. The van der Waals surface area contributed by atoms with E-state index in [-0.39, 0.29) is 6.54 Å². The summed E-state index contributed by atoms with van der Waals surface area (Å²) in [6.07, 6.45) is -0.253. The number of amides is 1. The van der Waals surface area contributed by atoms with Gasteiger partial charge in [0.1, 0.15) is 6.04 Å². The number of nitrogens with one attached hydrogen (secondary N) is 1. The average Bonchev–Trinajstić information content (AvgIpc) is 3.12. The summed E-state index contributed by atoms with van der Waals surface area (Å²) in [4.78, 5) is 24.3. The highest BCUT2D eigenvalue weighted by Crippen LogP contribution is 2.26. The summed E-state index contributed by atoms with van der Waals surface area (Å²) in [6.45, 7) is 0.409. The van der Waals surface area contributed by atoms with Gasteiger partial charge in [-0.3, -0.25) is 14.9 Å². The molecule has 1 saturated heterocycles. The van der Waals surface area contributed by atoms with E-state index in [0.29, 0.717) is 18.5 Å². The van der Waals surface area contributed by atoms with Gasteiger partial charge in [-0.2, -0.15) is 4.72 Å². The van der Waals surface area contributed by atoms with Crippen LogP contribution in [0, 0.1) is 10.1 Å². The Hall–Kier alpha value is -2.82. The number of nitrogens with zero attached hydrogens (tertiary/aromatic N) is 2. The Labute approximate surface area is 161 Å². The van der Waals surface area contributed by atoms with E-state index < -0.39 is 43.6 Å². The van der Waals surface area contributed by atoms with Gasteiger partial charge in [-0.25, -0.2) is 8.42 Å². The van der Waals surface area contributed by atoms with Gasteiger partial charge in [0.15, 0.2) is 4.90 Å². The summed E-state index contributed by atoms with van der Waals surface area (Å²) in [5.74, 6) is -0.523. The highest BCUT2D eigenvalue weighted by Gasteiger charge is 2.35. The first-order chi connectivity index (χ1) is 13.3. The van der Waals surface area contributed by atoms with Crippen molar-refractivity contribution in [2.24, 2.45) is 0 Å². The van der Waals surface area contributed by atoms with E-state index in [1.54, 1.807) is 30.3 Å². The normalized spacial score (nSPS) is 18.0. The quantitative estimate of drug-likeness (QED) is 0.549. The summed E-state index contributed by atoms with van der Waals surface area (Å²) in [5.41, 5.74) is -0.179. The molecule has 28 heavy (non-hydrogen) atoms. The number of carbonyl (C=O) groups is 1. The predicted octanol–water partition coefficient (Wildman–Crippen LogP) is 1.21. The monoisotopic (exact) mass is 405 g/mol. The molecule has 0 saturated carbocycles. The fourth-order valence-corrected chi connectivity index (χ4v) is 4.43. The van der Waals surface area contributed by atoms with Crippen molar-refractivity contribution in [3.8, 4) is 0 Å². The molecule has 0 bridgehead atoms. The van der Waals surface area contributed by atoms with Crippen LogP contribution in [0.4, 0.5) is 5.69 Å². The molecule has 0 radical (unpaired) electrons. The van der Waals surface area contributed by atoms with Gasteiger partial charge in [0, 0.05) is 19.2 Å². The molecule has 1 fully saturated rings. The Balaban J connectivity index is 1.98. The lowest BCUT2D eigenvalue weighted by Crippen LogP contribution is -2.42. The maximum atomic E-state index is 13.0. The van der Waals surface area contributed by atoms with Gasteiger partial charge in [-0.1, -0.05) is 42.5 Å². The van der Waals surface area contributed by atoms with Gasteiger partial charge < -0.3 is 10.0 Å². The Kier molecular flexibility index (Phi) is 5.73. The molecule has 0 unspecified atom stereocenters. The van der Waals surface area contributed by atoms with Crippen LogP contribution in [0.25, 0.3) is 0 Å². The van der Waals surface area contributed by atoms with Crippen LogP contribution in [0.2, 0.25) is 0 Å². The lowest BCUT2D eigenvalue weighted by atomic mass is 10.1. The second kappa shape index (κ2) is 8.05. The average molecular weight is 405 g/mol. The molecule has 1 heterocycles. The third-order valence-corrected chi connectivity index (χ3v) is 5.95. The van der Waals surface area contributed by atoms with E-state index >= 15 is 0 Å². The van der Waals surface area contributed by atoms with Gasteiger partial charge in [0.05, 0.1) is 11.0 Å². The molecule has 3 rings (SSSR count). The molecule has 2 N–H and O–H groups in total. The van der Waals surface area contributed by atoms with Gasteiger partial charge in [0.2, 0.25) is 15.9 Å². The molecule has 9 nitrogen and oxygen atoms in total. The number of nitro groups is 1. The topological polar surface area (TPSA) is 130 Å². The molecule has 148 valence electrons. The number of benzene rings is 2. The molecule has 0 aromatic heterocycles. The van der Waals surface area contributed by atoms with Gasteiger partial charge >= 0.3 is 0 Å². The summed E-state index contributed by atoms with van der Waals surface area (Å²) in [6, 6.07) is 11.9. The number of β-amino-alcohol motifs (C(OH)–C–C–N with tert-alkyl or cyclic N) is 1. The number of nitro benzene ring substituents is 1. The van der Waals surface area contributed by atoms with Crippen LogP contribution in [0.15, 0.2) is 59.5 Å². The number of carbonyl (C=O) groups excluding carboxylic acids is 1. The first-order valence-corrected chi connectivity index (χ1v) is 10.1. The van der Waals surface area contributed by atoms with Crippen molar-refractivity contribution in [2.75, 3.05) is 13.1 Å². The third kappa shape index (κ3) is 4.19. The highest BCUT2D eigenvalue weighted by atomic mass is 32.2. The van der Waals surface area contributed by atoms with Gasteiger partial charge in [-0.05, 0) is 18.1 Å². The van der Waals surface area contributed by atoms with Crippen LogP contribution < -0.4 is 4.72 Å². The predicted molar refractivity (Wildman–Crippen MR) is 99.8 cm³/mol. The first kappa shape index (κ1) is 19.9. The number of sulfonamides is 1. The van der Waals surface area contributed by atoms with E-state index in [9.17, 15) is 28.4 Å². The van der Waals surface area contributed by atoms with E-state index in [1.165, 1.54) is 17.0 Å². The maximum Gasteiger partial charge on any atom is 0.289 e. The second-order valence-electron chi connectivity index (χ2n) is 6.42. The lowest BCUT2D eigenvalue weighted by Gasteiger charge is -2.24. The number of likely N-dealkylation sites (tertiary alicyclic amines) is 1. The van der Waals surface area contributed by atoms with Crippen LogP contribution in [-0.2, 0) is 14.8 Å². The summed E-state index contributed by atoms with van der Waals surface area (Å²) in [7, 11) is -4.37. The molecule has 0 aliphatic carbocycles. The molecular weight excluding hydrogens is 386 g/mol. The van der Waals surface area contributed by atoms with Crippen LogP contribution in [0.3, 0.4) is 0 Å². The summed E-state index contributed by atoms with van der Waals surface area (Å²) >= 11 is 0. The van der Waals surface area contributed by atoms with Crippen LogP contribution in [-0.4, -0.2) is 48.4 Å². The minimum Gasteiger partial charge on any atom is -0.391 e. The Morgan fingerprint density at radius 1 is 1.18 bits per heavy atom. The number of aliphatic hydroxyl groups is 1. The lowest BCUT2D eigenvalue weighted by molar-refractivity contribution is -0.387. The summed E-state index contributed by atoms with van der Waals surface area (Å²) < 4.78 is 28.1. The molecule has 1 aliphatic rings. The zero-order valence-corrected chi connectivity index (χ0v) is 15.6. The largest absolute Gasteiger partial charge is 0.391 e. The Bertz CT molecular complexity index is 980. The van der Waals surface area contributed by atoms with Crippen molar-refractivity contribution >= 4 is 21.6 Å². The second-order valence-corrected chi connectivity index (χ2v) is 8.10. The molecule has 2 atom stereocenters. The first-order valence-electron chi connectivity index (χ1n) is 8.57. The zero-order valence-electron chi connectivity index (χ0n) is 14.8. The fourth-order valence-electron chi connectivity index (χ4n) is 3.08. The molecular formula is C18H19N3O6S. The maximum absolute atomic E-state index is 13.0. The molecule has 2 aromatic rings. The van der Waals surface area contributed by atoms with Crippen LogP contribution in [0.1, 0.15) is 18.0 Å². The minimum atomic E-state index is -4.37. The van der Waals surface area contributed by atoms with Gasteiger partial charge in [0.25, 0.3) is 5.69 Å². The van der Waals surface area contributed by atoms with Crippen molar-refractivity contribution < 1.29 is 23.2 Å². The van der Waals surface area contributed by atoms with E-state index in [1.807, 2.05) is 0 Å². The SMILES string of the molecule is O=C([C@@H](NS(=O)(=O)c1ccccc1[N+](=O)[O-])c1ccccc1)N1CC[C@H](O)C1. The fraction of sp³-hybridized carbons (Fsp3) is 0.278. The van der Waals surface area contributed by atoms with Crippen LogP contribution in [0.5, 0.6) is 0 Å².